The highest BCUT2D eigenvalue weighted by Gasteiger charge is 2.02. The van der Waals surface area contributed by atoms with Gasteiger partial charge in [-0.15, -0.1) is 0 Å². The zero-order valence-electron chi connectivity index (χ0n) is 7.00. The third-order valence-electron chi connectivity index (χ3n) is 1.78. The molecule has 0 aromatic carbocycles. The van der Waals surface area contributed by atoms with Gasteiger partial charge in [0.05, 0.1) is 16.2 Å². The number of nitrogens with zero attached hydrogens (tertiary/aromatic N) is 2. The van der Waals surface area contributed by atoms with Crippen LogP contribution in [0.3, 0.4) is 0 Å². The number of hydrogen-bond acceptors (Lipinski definition) is 1. The van der Waals surface area contributed by atoms with Crippen LogP contribution in [0.5, 0.6) is 0 Å². The van der Waals surface area contributed by atoms with Gasteiger partial charge in [0.25, 0.3) is 0 Å². The summed E-state index contributed by atoms with van der Waals surface area (Å²) in [5.41, 5.74) is 3.08. The number of pyridine rings is 1. The first-order valence-corrected chi connectivity index (χ1v) is 4.17. The van der Waals surface area contributed by atoms with Gasteiger partial charge in [0.2, 0.25) is 0 Å². The summed E-state index contributed by atoms with van der Waals surface area (Å²) in [7, 11) is 0. The van der Waals surface area contributed by atoms with Crippen LogP contribution in [0.2, 0.25) is 5.02 Å². The molecule has 2 aromatic heterocycles. The molecule has 62 valence electrons. The van der Waals surface area contributed by atoms with Crippen LogP contribution in [0.25, 0.3) is 5.52 Å². The van der Waals surface area contributed by atoms with Crippen molar-refractivity contribution in [2.75, 3.05) is 0 Å². The standard InChI is InChI=1S/C9H9ClN2/c1-6-3-8(10)9-4-7(2)11-12(9)5-6/h3-5H,1-2H3. The minimum absolute atomic E-state index is 0.760. The zero-order valence-corrected chi connectivity index (χ0v) is 7.76. The van der Waals surface area contributed by atoms with Crippen LogP contribution in [-0.2, 0) is 0 Å². The van der Waals surface area contributed by atoms with Crippen LogP contribution in [0.1, 0.15) is 11.3 Å². The molecule has 3 heteroatoms. The number of fused-ring (bicyclic) bond motifs is 1. The van der Waals surface area contributed by atoms with Crippen molar-refractivity contribution < 1.29 is 0 Å². The molecule has 0 atom stereocenters. The second-order valence-electron chi connectivity index (χ2n) is 2.98. The molecule has 0 aliphatic rings. The minimum Gasteiger partial charge on any atom is -0.239 e. The number of halogens is 1. The Bertz CT molecular complexity index is 431. The summed E-state index contributed by atoms with van der Waals surface area (Å²) in [6.07, 6.45) is 1.97. The van der Waals surface area contributed by atoms with E-state index in [1.54, 1.807) is 0 Å². The Balaban J connectivity index is 2.88. The van der Waals surface area contributed by atoms with Crippen molar-refractivity contribution >= 4 is 17.1 Å². The van der Waals surface area contributed by atoms with E-state index in [4.69, 9.17) is 11.6 Å². The molecule has 12 heavy (non-hydrogen) atoms. The van der Waals surface area contributed by atoms with Crippen molar-refractivity contribution in [3.05, 3.63) is 34.6 Å². The van der Waals surface area contributed by atoms with Crippen LogP contribution in [0, 0.1) is 13.8 Å². The highest BCUT2D eigenvalue weighted by atomic mass is 35.5. The van der Waals surface area contributed by atoms with Gasteiger partial charge >= 0.3 is 0 Å². The van der Waals surface area contributed by atoms with Crippen molar-refractivity contribution in [3.63, 3.8) is 0 Å². The summed E-state index contributed by atoms with van der Waals surface area (Å²) in [5.74, 6) is 0. The third kappa shape index (κ3) is 1.08. The van der Waals surface area contributed by atoms with Crippen LogP contribution < -0.4 is 0 Å². The zero-order chi connectivity index (χ0) is 8.72. The number of hydrogen-bond donors (Lipinski definition) is 0. The average molecular weight is 181 g/mol. The molecule has 2 nitrogen and oxygen atoms in total. The molecule has 0 N–H and O–H groups in total. The number of aryl methyl sites for hydroxylation is 2. The average Bonchev–Trinajstić information content (AvgIpc) is 2.29. The lowest BCUT2D eigenvalue weighted by Gasteiger charge is -1.97. The van der Waals surface area contributed by atoms with Gasteiger partial charge in [-0.05, 0) is 31.5 Å². The summed E-state index contributed by atoms with van der Waals surface area (Å²) in [6.45, 7) is 3.96. The van der Waals surface area contributed by atoms with E-state index >= 15 is 0 Å². The van der Waals surface area contributed by atoms with E-state index in [1.165, 1.54) is 0 Å². The highest BCUT2D eigenvalue weighted by Crippen LogP contribution is 2.19. The van der Waals surface area contributed by atoms with Gasteiger partial charge in [0.1, 0.15) is 0 Å². The van der Waals surface area contributed by atoms with Crippen LogP contribution in [-0.4, -0.2) is 9.61 Å². The Morgan fingerprint density at radius 3 is 2.83 bits per heavy atom. The van der Waals surface area contributed by atoms with Crippen molar-refractivity contribution in [1.29, 1.82) is 0 Å². The molecule has 0 saturated heterocycles. The molecule has 2 rings (SSSR count). The van der Waals surface area contributed by atoms with Gasteiger partial charge < -0.3 is 0 Å². The van der Waals surface area contributed by atoms with E-state index in [1.807, 2.05) is 36.7 Å². The number of rotatable bonds is 0. The van der Waals surface area contributed by atoms with E-state index in [9.17, 15) is 0 Å². The Labute approximate surface area is 75.8 Å². The SMILES string of the molecule is Cc1cc(Cl)c2cc(C)nn2c1. The molecule has 2 heterocycles. The van der Waals surface area contributed by atoms with Crippen molar-refractivity contribution in [1.82, 2.24) is 9.61 Å². The first kappa shape index (κ1) is 7.62. The summed E-state index contributed by atoms with van der Waals surface area (Å²) >= 11 is 6.01. The normalized spacial score (nSPS) is 10.9. The van der Waals surface area contributed by atoms with E-state index in [0.717, 1.165) is 21.8 Å². The molecular weight excluding hydrogens is 172 g/mol. The third-order valence-corrected chi connectivity index (χ3v) is 2.09. The molecular formula is C9H9ClN2. The van der Waals surface area contributed by atoms with Crippen LogP contribution in [0.15, 0.2) is 18.3 Å². The van der Waals surface area contributed by atoms with E-state index in [-0.39, 0.29) is 0 Å². The first-order chi connectivity index (χ1) is 5.66. The van der Waals surface area contributed by atoms with E-state index in [0.29, 0.717) is 0 Å². The Morgan fingerprint density at radius 1 is 1.33 bits per heavy atom. The van der Waals surface area contributed by atoms with E-state index in [2.05, 4.69) is 5.10 Å². The fourth-order valence-electron chi connectivity index (χ4n) is 1.30. The summed E-state index contributed by atoms with van der Waals surface area (Å²) < 4.78 is 1.81. The smallest absolute Gasteiger partial charge is 0.0850 e. The lowest BCUT2D eigenvalue weighted by atomic mass is 10.3. The molecule has 0 fully saturated rings. The monoisotopic (exact) mass is 180 g/mol. The molecule has 0 unspecified atom stereocenters. The van der Waals surface area contributed by atoms with Gasteiger partial charge in [0, 0.05) is 6.20 Å². The van der Waals surface area contributed by atoms with Gasteiger partial charge in [-0.25, -0.2) is 4.52 Å². The quantitative estimate of drug-likeness (QED) is 0.609. The minimum atomic E-state index is 0.760. The molecule has 0 aliphatic carbocycles. The summed E-state index contributed by atoms with van der Waals surface area (Å²) in [4.78, 5) is 0. The lowest BCUT2D eigenvalue weighted by Crippen LogP contribution is -1.88. The summed E-state index contributed by atoms with van der Waals surface area (Å²) in [5, 5.41) is 5.03. The molecule has 0 amide bonds. The van der Waals surface area contributed by atoms with Crippen LogP contribution >= 0.6 is 11.6 Å². The molecule has 0 spiro atoms. The first-order valence-electron chi connectivity index (χ1n) is 3.79. The lowest BCUT2D eigenvalue weighted by molar-refractivity contribution is 0.926. The van der Waals surface area contributed by atoms with Gasteiger partial charge in [-0.2, -0.15) is 5.10 Å². The molecule has 0 saturated carbocycles. The second kappa shape index (κ2) is 2.49. The van der Waals surface area contributed by atoms with Gasteiger partial charge in [0.15, 0.2) is 0 Å². The van der Waals surface area contributed by atoms with Crippen molar-refractivity contribution in [2.45, 2.75) is 13.8 Å². The van der Waals surface area contributed by atoms with Gasteiger partial charge in [-0.1, -0.05) is 11.6 Å². The van der Waals surface area contributed by atoms with Gasteiger partial charge in [-0.3, -0.25) is 0 Å². The predicted octanol–water partition coefficient (Wildman–Crippen LogP) is 2.60. The number of aromatic nitrogens is 2. The second-order valence-corrected chi connectivity index (χ2v) is 3.39. The topological polar surface area (TPSA) is 17.3 Å². The maximum absolute atomic E-state index is 6.01. The maximum atomic E-state index is 6.01. The fourth-order valence-corrected chi connectivity index (χ4v) is 1.61. The molecule has 2 aromatic rings. The Kier molecular flexibility index (Phi) is 1.58. The Hall–Kier alpha value is -1.02. The molecule has 0 aliphatic heterocycles. The predicted molar refractivity (Wildman–Crippen MR) is 49.7 cm³/mol. The van der Waals surface area contributed by atoms with Crippen LogP contribution in [0.4, 0.5) is 0 Å². The maximum Gasteiger partial charge on any atom is 0.0850 e. The Morgan fingerprint density at radius 2 is 2.08 bits per heavy atom. The fraction of sp³-hybridized carbons (Fsp3) is 0.222. The largest absolute Gasteiger partial charge is 0.239 e. The summed E-state index contributed by atoms with van der Waals surface area (Å²) in [6, 6.07) is 3.92. The van der Waals surface area contributed by atoms with E-state index < -0.39 is 0 Å². The highest BCUT2D eigenvalue weighted by molar-refractivity contribution is 6.33. The molecule has 0 bridgehead atoms. The van der Waals surface area contributed by atoms with Crippen molar-refractivity contribution in [3.8, 4) is 0 Å². The van der Waals surface area contributed by atoms with Crippen molar-refractivity contribution in [2.24, 2.45) is 0 Å². The molecule has 0 radical (unpaired) electrons.